The van der Waals surface area contributed by atoms with Crippen LogP contribution in [0.15, 0.2) is 18.2 Å². The molecule has 3 rings (SSSR count). The van der Waals surface area contributed by atoms with Crippen LogP contribution in [0.3, 0.4) is 0 Å². The van der Waals surface area contributed by atoms with Crippen LogP contribution in [0.2, 0.25) is 5.02 Å². The van der Waals surface area contributed by atoms with Crippen molar-refractivity contribution in [3.05, 3.63) is 34.6 Å². The summed E-state index contributed by atoms with van der Waals surface area (Å²) in [5, 5.41) is 10.1. The molecular formula is C14H14ClN5O2. The molecule has 1 aromatic carbocycles. The predicted octanol–water partition coefficient (Wildman–Crippen LogP) is 2.07. The molecule has 2 heterocycles. The molecule has 0 spiro atoms. The fourth-order valence-corrected chi connectivity index (χ4v) is 2.51. The molecule has 2 N–H and O–H groups in total. The van der Waals surface area contributed by atoms with Crippen molar-refractivity contribution in [3.63, 3.8) is 0 Å². The lowest BCUT2D eigenvalue weighted by Gasteiger charge is -2.12. The van der Waals surface area contributed by atoms with Gasteiger partial charge in [0, 0.05) is 10.7 Å². The van der Waals surface area contributed by atoms with Gasteiger partial charge in [0.25, 0.3) is 5.91 Å². The van der Waals surface area contributed by atoms with Crippen LogP contribution in [0.4, 0.5) is 11.6 Å². The van der Waals surface area contributed by atoms with Crippen molar-refractivity contribution in [1.82, 2.24) is 14.8 Å². The second kappa shape index (κ2) is 5.42. The first-order valence-corrected chi connectivity index (χ1v) is 7.12. The van der Waals surface area contributed by atoms with E-state index in [4.69, 9.17) is 11.6 Å². The average molecular weight is 320 g/mol. The zero-order valence-corrected chi connectivity index (χ0v) is 12.8. The molecule has 114 valence electrons. The van der Waals surface area contributed by atoms with E-state index in [1.807, 2.05) is 6.92 Å². The second-order valence-electron chi connectivity index (χ2n) is 5.10. The number of carbonyl (C=O) groups excluding carboxylic acids is 2. The smallest absolute Gasteiger partial charge is 0.252 e. The highest BCUT2D eigenvalue weighted by Crippen LogP contribution is 2.27. The highest BCUT2D eigenvalue weighted by atomic mass is 35.5. The number of hydrogen-bond acceptors (Lipinski definition) is 4. The SMILES string of the molecule is Cc1nc2n(n1)[C@H](CC(=O)Nc1cccc(Cl)c1C)C(=O)N2. The Labute approximate surface area is 131 Å². The normalized spacial score (nSPS) is 16.3. The minimum Gasteiger partial charge on any atom is -0.326 e. The van der Waals surface area contributed by atoms with Gasteiger partial charge in [-0.15, -0.1) is 0 Å². The van der Waals surface area contributed by atoms with Crippen LogP contribution in [-0.4, -0.2) is 26.6 Å². The van der Waals surface area contributed by atoms with Crippen LogP contribution < -0.4 is 10.6 Å². The highest BCUT2D eigenvalue weighted by Gasteiger charge is 2.34. The number of carbonyl (C=O) groups is 2. The molecular weight excluding hydrogens is 306 g/mol. The van der Waals surface area contributed by atoms with Crippen molar-refractivity contribution >= 4 is 35.1 Å². The zero-order valence-electron chi connectivity index (χ0n) is 12.1. The Bertz CT molecular complexity index is 771. The minimum absolute atomic E-state index is 0.0203. The van der Waals surface area contributed by atoms with Crippen LogP contribution >= 0.6 is 11.6 Å². The predicted molar refractivity (Wildman–Crippen MR) is 81.9 cm³/mol. The van der Waals surface area contributed by atoms with Crippen LogP contribution in [-0.2, 0) is 9.59 Å². The number of amides is 2. The van der Waals surface area contributed by atoms with Crippen molar-refractivity contribution in [1.29, 1.82) is 0 Å². The maximum Gasteiger partial charge on any atom is 0.252 e. The quantitative estimate of drug-likeness (QED) is 0.906. The van der Waals surface area contributed by atoms with Gasteiger partial charge in [-0.3, -0.25) is 14.9 Å². The maximum atomic E-state index is 12.2. The van der Waals surface area contributed by atoms with Gasteiger partial charge in [0.05, 0.1) is 6.42 Å². The fourth-order valence-electron chi connectivity index (χ4n) is 2.34. The molecule has 7 nitrogen and oxygen atoms in total. The Kier molecular flexibility index (Phi) is 3.58. The number of benzene rings is 1. The number of hydrogen-bond donors (Lipinski definition) is 2. The lowest BCUT2D eigenvalue weighted by molar-refractivity contribution is -0.123. The fraction of sp³-hybridized carbons (Fsp3) is 0.286. The molecule has 2 aromatic rings. The first kappa shape index (κ1) is 14.5. The third-order valence-electron chi connectivity index (χ3n) is 3.49. The number of nitrogens with zero attached hydrogens (tertiary/aromatic N) is 3. The van der Waals surface area contributed by atoms with Crippen LogP contribution in [0.5, 0.6) is 0 Å². The molecule has 0 saturated carbocycles. The van der Waals surface area contributed by atoms with Gasteiger partial charge in [-0.25, -0.2) is 4.68 Å². The number of rotatable bonds is 3. The molecule has 1 atom stereocenters. The molecule has 0 aliphatic carbocycles. The monoisotopic (exact) mass is 319 g/mol. The van der Waals surface area contributed by atoms with Gasteiger partial charge in [-0.05, 0) is 31.5 Å². The van der Waals surface area contributed by atoms with E-state index in [2.05, 4.69) is 20.7 Å². The van der Waals surface area contributed by atoms with Crippen LogP contribution in [0.1, 0.15) is 23.9 Å². The number of anilines is 2. The van der Waals surface area contributed by atoms with E-state index >= 15 is 0 Å². The number of halogens is 1. The summed E-state index contributed by atoms with van der Waals surface area (Å²) in [6, 6.07) is 4.59. The van der Waals surface area contributed by atoms with Crippen molar-refractivity contribution in [2.24, 2.45) is 0 Å². The molecule has 1 aliphatic heterocycles. The summed E-state index contributed by atoms with van der Waals surface area (Å²) in [6.07, 6.45) is -0.0203. The number of nitrogens with one attached hydrogen (secondary N) is 2. The molecule has 22 heavy (non-hydrogen) atoms. The highest BCUT2D eigenvalue weighted by molar-refractivity contribution is 6.31. The second-order valence-corrected chi connectivity index (χ2v) is 5.50. The van der Waals surface area contributed by atoms with Gasteiger partial charge in [0.15, 0.2) is 0 Å². The Hall–Kier alpha value is -2.41. The van der Waals surface area contributed by atoms with E-state index in [9.17, 15) is 9.59 Å². The minimum atomic E-state index is -0.685. The zero-order chi connectivity index (χ0) is 15.9. The Morgan fingerprint density at radius 2 is 2.23 bits per heavy atom. The van der Waals surface area contributed by atoms with E-state index < -0.39 is 6.04 Å². The van der Waals surface area contributed by atoms with E-state index in [0.717, 1.165) is 5.56 Å². The summed E-state index contributed by atoms with van der Waals surface area (Å²) in [4.78, 5) is 28.2. The molecule has 0 unspecified atom stereocenters. The first-order valence-electron chi connectivity index (χ1n) is 6.74. The molecule has 0 fully saturated rings. The summed E-state index contributed by atoms with van der Waals surface area (Å²) in [5.74, 6) is 0.352. The lowest BCUT2D eigenvalue weighted by atomic mass is 10.1. The summed E-state index contributed by atoms with van der Waals surface area (Å²) in [7, 11) is 0. The largest absolute Gasteiger partial charge is 0.326 e. The van der Waals surface area contributed by atoms with Crippen LogP contribution in [0.25, 0.3) is 0 Å². The number of fused-ring (bicyclic) bond motifs is 1. The number of aromatic nitrogens is 3. The van der Waals surface area contributed by atoms with E-state index in [-0.39, 0.29) is 18.2 Å². The molecule has 1 aromatic heterocycles. The topological polar surface area (TPSA) is 88.9 Å². The van der Waals surface area contributed by atoms with Gasteiger partial charge in [-0.2, -0.15) is 10.1 Å². The molecule has 0 radical (unpaired) electrons. The van der Waals surface area contributed by atoms with Gasteiger partial charge in [0.1, 0.15) is 11.9 Å². The third kappa shape index (κ3) is 2.55. The van der Waals surface area contributed by atoms with E-state index in [1.165, 1.54) is 4.68 Å². The summed E-state index contributed by atoms with van der Waals surface area (Å²) < 4.78 is 1.45. The van der Waals surface area contributed by atoms with Gasteiger partial charge in [0.2, 0.25) is 11.9 Å². The summed E-state index contributed by atoms with van der Waals surface area (Å²) in [5.41, 5.74) is 1.41. The molecule has 1 aliphatic rings. The Balaban J connectivity index is 1.75. The summed E-state index contributed by atoms with van der Waals surface area (Å²) in [6.45, 7) is 3.54. The van der Waals surface area contributed by atoms with Crippen LogP contribution in [0, 0.1) is 13.8 Å². The molecule has 2 amide bonds. The lowest BCUT2D eigenvalue weighted by Crippen LogP contribution is -2.24. The Morgan fingerprint density at radius 3 is 3.00 bits per heavy atom. The van der Waals surface area contributed by atoms with Crippen molar-refractivity contribution in [2.45, 2.75) is 26.3 Å². The molecule has 8 heteroatoms. The van der Waals surface area contributed by atoms with Crippen molar-refractivity contribution in [2.75, 3.05) is 10.6 Å². The standard InChI is InChI=1S/C14H14ClN5O2/c1-7-9(15)4-3-5-10(7)17-12(21)6-11-13(22)18-14-16-8(2)19-20(11)14/h3-5,11H,6H2,1-2H3,(H,17,21)(H,16,18,19,22)/t11-/m1/s1. The van der Waals surface area contributed by atoms with E-state index in [0.29, 0.717) is 22.5 Å². The van der Waals surface area contributed by atoms with Gasteiger partial charge in [-0.1, -0.05) is 17.7 Å². The third-order valence-corrected chi connectivity index (χ3v) is 3.90. The number of aryl methyl sites for hydroxylation is 1. The molecule has 0 saturated heterocycles. The van der Waals surface area contributed by atoms with E-state index in [1.54, 1.807) is 25.1 Å². The van der Waals surface area contributed by atoms with Gasteiger partial charge >= 0.3 is 0 Å². The first-order chi connectivity index (χ1) is 10.5. The van der Waals surface area contributed by atoms with Crippen molar-refractivity contribution < 1.29 is 9.59 Å². The van der Waals surface area contributed by atoms with Gasteiger partial charge < -0.3 is 5.32 Å². The average Bonchev–Trinajstić information content (AvgIpc) is 2.93. The molecule has 0 bridgehead atoms. The van der Waals surface area contributed by atoms with Crippen molar-refractivity contribution in [3.8, 4) is 0 Å². The Morgan fingerprint density at radius 1 is 1.45 bits per heavy atom. The maximum absolute atomic E-state index is 12.2. The summed E-state index contributed by atoms with van der Waals surface area (Å²) >= 11 is 6.02.